The Morgan fingerprint density at radius 2 is 2.09 bits per heavy atom. The Bertz CT molecular complexity index is 618. The summed E-state index contributed by atoms with van der Waals surface area (Å²) < 4.78 is 0. The van der Waals surface area contributed by atoms with Gasteiger partial charge in [0, 0.05) is 19.2 Å². The molecule has 1 heterocycles. The molecular weight excluding hydrogens is 308 g/mol. The van der Waals surface area contributed by atoms with E-state index in [9.17, 15) is 4.79 Å². The molecule has 1 aliphatic carbocycles. The molecule has 1 fully saturated rings. The molecule has 122 valence electrons. The summed E-state index contributed by atoms with van der Waals surface area (Å²) in [5.41, 5.74) is 6.32. The van der Waals surface area contributed by atoms with Crippen LogP contribution < -0.4 is 10.7 Å². The van der Waals surface area contributed by atoms with Gasteiger partial charge in [-0.1, -0.05) is 48.9 Å². The van der Waals surface area contributed by atoms with E-state index >= 15 is 0 Å². The molecule has 0 saturated heterocycles. The highest BCUT2D eigenvalue weighted by atomic mass is 32.2. The van der Waals surface area contributed by atoms with Gasteiger partial charge in [-0.3, -0.25) is 15.2 Å². The van der Waals surface area contributed by atoms with Gasteiger partial charge in [-0.15, -0.1) is 0 Å². The quantitative estimate of drug-likeness (QED) is 0.892. The fraction of sp³-hybridized carbons (Fsp3) is 0.471. The smallest absolute Gasteiger partial charge is 0.217 e. The van der Waals surface area contributed by atoms with Crippen LogP contribution >= 0.6 is 11.8 Å². The van der Waals surface area contributed by atoms with E-state index in [0.29, 0.717) is 12.6 Å². The standard InChI is InChI=1S/C17H22N4OS/c1-12(22)18-10-13-6-8-14(9-7-13)16-11-23-17(21-20-16)19-15-4-2-3-5-15/h6-9,15H,2-5,10-11H2,1H3,(H,18,22)(H,19,21). The number of benzene rings is 1. The molecule has 6 heteroatoms. The van der Waals surface area contributed by atoms with E-state index in [1.54, 1.807) is 11.8 Å². The molecule has 23 heavy (non-hydrogen) atoms. The fourth-order valence-electron chi connectivity index (χ4n) is 2.77. The molecule has 2 aliphatic rings. The van der Waals surface area contributed by atoms with E-state index in [0.717, 1.165) is 27.8 Å². The van der Waals surface area contributed by atoms with Crippen LogP contribution in [0.3, 0.4) is 0 Å². The van der Waals surface area contributed by atoms with Crippen molar-refractivity contribution in [2.75, 3.05) is 5.75 Å². The van der Waals surface area contributed by atoms with Crippen molar-refractivity contribution >= 4 is 28.5 Å². The summed E-state index contributed by atoms with van der Waals surface area (Å²) in [5, 5.41) is 8.22. The van der Waals surface area contributed by atoms with Crippen LogP contribution in [0.4, 0.5) is 0 Å². The number of nitrogens with zero attached hydrogens (tertiary/aromatic N) is 2. The molecule has 1 amide bonds. The zero-order valence-corrected chi connectivity index (χ0v) is 14.2. The van der Waals surface area contributed by atoms with Crippen molar-refractivity contribution in [1.29, 1.82) is 0 Å². The molecule has 0 unspecified atom stereocenters. The molecule has 0 bridgehead atoms. The van der Waals surface area contributed by atoms with Crippen LogP contribution in [-0.2, 0) is 11.3 Å². The largest absolute Gasteiger partial charge is 0.352 e. The minimum atomic E-state index is -0.0135. The third kappa shape index (κ3) is 4.58. The average molecular weight is 330 g/mol. The van der Waals surface area contributed by atoms with Crippen LogP contribution in [0.25, 0.3) is 0 Å². The second-order valence-electron chi connectivity index (χ2n) is 5.94. The summed E-state index contributed by atoms with van der Waals surface area (Å²) in [6.45, 7) is 2.09. The van der Waals surface area contributed by atoms with E-state index < -0.39 is 0 Å². The van der Waals surface area contributed by atoms with Gasteiger partial charge in [0.1, 0.15) is 0 Å². The Kier molecular flexibility index (Phi) is 5.33. The number of thioether (sulfide) groups is 1. The van der Waals surface area contributed by atoms with Crippen molar-refractivity contribution in [3.05, 3.63) is 35.4 Å². The Morgan fingerprint density at radius 3 is 2.70 bits per heavy atom. The number of hydrogen-bond acceptors (Lipinski definition) is 4. The van der Waals surface area contributed by atoms with Crippen molar-refractivity contribution < 1.29 is 4.79 Å². The molecule has 1 aromatic rings. The van der Waals surface area contributed by atoms with Crippen LogP contribution in [-0.4, -0.2) is 28.6 Å². The van der Waals surface area contributed by atoms with Crippen LogP contribution in [0.1, 0.15) is 43.7 Å². The maximum absolute atomic E-state index is 10.9. The first kappa shape index (κ1) is 16.1. The molecule has 1 saturated carbocycles. The van der Waals surface area contributed by atoms with E-state index in [1.165, 1.54) is 32.6 Å². The van der Waals surface area contributed by atoms with Gasteiger partial charge >= 0.3 is 0 Å². The first-order valence-corrected chi connectivity index (χ1v) is 9.06. The van der Waals surface area contributed by atoms with E-state index in [2.05, 4.69) is 28.0 Å². The van der Waals surface area contributed by atoms with Crippen molar-refractivity contribution in [2.24, 2.45) is 10.1 Å². The predicted octanol–water partition coefficient (Wildman–Crippen LogP) is 2.66. The number of amidine groups is 1. The molecule has 0 radical (unpaired) electrons. The number of aliphatic imine (C=N–C) groups is 1. The average Bonchev–Trinajstić information content (AvgIpc) is 3.07. The Balaban J connectivity index is 1.59. The van der Waals surface area contributed by atoms with Gasteiger partial charge in [0.25, 0.3) is 0 Å². The maximum Gasteiger partial charge on any atom is 0.217 e. The van der Waals surface area contributed by atoms with Gasteiger partial charge < -0.3 is 5.32 Å². The molecule has 3 rings (SSSR count). The minimum absolute atomic E-state index is 0.0135. The van der Waals surface area contributed by atoms with Crippen LogP contribution in [0.2, 0.25) is 0 Å². The van der Waals surface area contributed by atoms with Gasteiger partial charge in [0.05, 0.1) is 11.8 Å². The predicted molar refractivity (Wildman–Crippen MR) is 95.8 cm³/mol. The van der Waals surface area contributed by atoms with E-state index in [4.69, 9.17) is 4.99 Å². The Hall–Kier alpha value is -1.82. The van der Waals surface area contributed by atoms with Gasteiger partial charge in [-0.2, -0.15) is 5.10 Å². The third-order valence-corrected chi connectivity index (χ3v) is 4.97. The van der Waals surface area contributed by atoms with Crippen LogP contribution in [0.5, 0.6) is 0 Å². The van der Waals surface area contributed by atoms with Crippen molar-refractivity contribution in [2.45, 2.75) is 45.2 Å². The molecule has 5 nitrogen and oxygen atoms in total. The van der Waals surface area contributed by atoms with Crippen molar-refractivity contribution in [1.82, 2.24) is 10.7 Å². The lowest BCUT2D eigenvalue weighted by Crippen LogP contribution is -2.26. The van der Waals surface area contributed by atoms with Gasteiger partial charge in [-0.25, -0.2) is 0 Å². The van der Waals surface area contributed by atoms with Gasteiger partial charge in [0.15, 0.2) is 5.17 Å². The first-order chi connectivity index (χ1) is 11.2. The van der Waals surface area contributed by atoms with E-state index in [-0.39, 0.29) is 5.91 Å². The number of carbonyl (C=O) groups is 1. The summed E-state index contributed by atoms with van der Waals surface area (Å²) in [6.07, 6.45) is 5.01. The highest BCUT2D eigenvalue weighted by Gasteiger charge is 2.17. The first-order valence-electron chi connectivity index (χ1n) is 8.07. The lowest BCUT2D eigenvalue weighted by Gasteiger charge is -2.16. The number of rotatable bonds is 4. The lowest BCUT2D eigenvalue weighted by atomic mass is 10.1. The monoisotopic (exact) mass is 330 g/mol. The minimum Gasteiger partial charge on any atom is -0.352 e. The van der Waals surface area contributed by atoms with Gasteiger partial charge in [0.2, 0.25) is 5.91 Å². The summed E-state index contributed by atoms with van der Waals surface area (Å²) in [7, 11) is 0. The summed E-state index contributed by atoms with van der Waals surface area (Å²) >= 11 is 1.72. The number of nitrogens with one attached hydrogen (secondary N) is 2. The van der Waals surface area contributed by atoms with Crippen molar-refractivity contribution in [3.63, 3.8) is 0 Å². The normalized spacial score (nSPS) is 20.2. The third-order valence-electron chi connectivity index (χ3n) is 4.09. The zero-order chi connectivity index (χ0) is 16.1. The number of hydrazone groups is 1. The topological polar surface area (TPSA) is 65.8 Å². The highest BCUT2D eigenvalue weighted by molar-refractivity contribution is 8.14. The Labute approximate surface area is 141 Å². The summed E-state index contributed by atoms with van der Waals surface area (Å²) in [6, 6.07) is 8.64. The summed E-state index contributed by atoms with van der Waals surface area (Å²) in [5.74, 6) is 0.823. The van der Waals surface area contributed by atoms with Crippen LogP contribution in [0.15, 0.2) is 34.4 Å². The molecule has 1 aromatic carbocycles. The highest BCUT2D eigenvalue weighted by Crippen LogP contribution is 2.23. The lowest BCUT2D eigenvalue weighted by molar-refractivity contribution is -0.119. The molecule has 0 aromatic heterocycles. The van der Waals surface area contributed by atoms with Crippen molar-refractivity contribution in [3.8, 4) is 0 Å². The molecule has 2 N–H and O–H groups in total. The van der Waals surface area contributed by atoms with Crippen LogP contribution in [0, 0.1) is 0 Å². The van der Waals surface area contributed by atoms with E-state index in [1.807, 2.05) is 12.1 Å². The molecule has 1 aliphatic heterocycles. The molecule has 0 atom stereocenters. The molecule has 0 spiro atoms. The summed E-state index contributed by atoms with van der Waals surface area (Å²) in [4.78, 5) is 15.7. The fourth-order valence-corrected chi connectivity index (χ4v) is 3.61. The molecular formula is C17H22N4OS. The Morgan fingerprint density at radius 1 is 1.35 bits per heavy atom. The number of carbonyl (C=O) groups excluding carboxylic acids is 1. The maximum atomic E-state index is 10.9. The second-order valence-corrected chi connectivity index (χ2v) is 6.90. The zero-order valence-electron chi connectivity index (χ0n) is 13.3. The van der Waals surface area contributed by atoms with Gasteiger partial charge in [-0.05, 0) is 24.0 Å². The number of hydrogen-bond donors (Lipinski definition) is 2. The number of amides is 1. The second kappa shape index (κ2) is 7.64. The SMILES string of the molecule is CC(=O)NCc1ccc(C2=NNC(=NC3CCCC3)SC2)cc1.